The van der Waals surface area contributed by atoms with Gasteiger partial charge in [-0.05, 0) is 40.5 Å². The Morgan fingerprint density at radius 1 is 1.33 bits per heavy atom. The van der Waals surface area contributed by atoms with Gasteiger partial charge < -0.3 is 4.98 Å². The van der Waals surface area contributed by atoms with Crippen molar-refractivity contribution in [2.24, 2.45) is 0 Å². The van der Waals surface area contributed by atoms with E-state index in [1.807, 2.05) is 6.92 Å². The largest absolute Gasteiger partial charge is 0.342 e. The van der Waals surface area contributed by atoms with E-state index < -0.39 is 0 Å². The number of hydrogen-bond acceptors (Lipinski definition) is 2. The van der Waals surface area contributed by atoms with Crippen molar-refractivity contribution in [1.82, 2.24) is 9.97 Å². The molecule has 1 aromatic carbocycles. The summed E-state index contributed by atoms with van der Waals surface area (Å²) in [6.45, 7) is 2.01. The van der Waals surface area contributed by atoms with Gasteiger partial charge in [-0.15, -0.1) is 0 Å². The van der Waals surface area contributed by atoms with Crippen LogP contribution in [0.25, 0.3) is 11.4 Å². The normalized spacial score (nSPS) is 10.7. The number of aromatic nitrogens is 2. The highest BCUT2D eigenvalue weighted by Crippen LogP contribution is 2.25. The number of halogens is 3. The molecule has 0 saturated carbocycles. The fraction of sp³-hybridized carbons (Fsp3) is 0.167. The maximum Gasteiger partial charge on any atom is 0.144 e. The minimum atomic E-state index is -0.318. The van der Waals surface area contributed by atoms with Crippen molar-refractivity contribution in [2.75, 3.05) is 0 Å². The Morgan fingerprint density at radius 2 is 2.06 bits per heavy atom. The van der Waals surface area contributed by atoms with Crippen LogP contribution in [0.2, 0.25) is 0 Å². The molecule has 0 atom stereocenters. The predicted octanol–water partition coefficient (Wildman–Crippen LogP) is 5.03. The van der Waals surface area contributed by atoms with E-state index in [-0.39, 0.29) is 5.82 Å². The highest BCUT2D eigenvalue weighted by Gasteiger charge is 2.08. The molecule has 2 rings (SSSR count). The van der Waals surface area contributed by atoms with Crippen molar-refractivity contribution >= 4 is 44.1 Å². The highest BCUT2D eigenvalue weighted by atomic mass is 79.9. The standard InChI is InChI=1S/C12H9Br2FN2S/c1-2-9-10(14)12(18)17-11(16-9)6-3-7(13)5-8(15)4-6/h3-5H,2H2,1H3,(H,16,17,18). The van der Waals surface area contributed by atoms with Crippen molar-refractivity contribution < 1.29 is 4.39 Å². The molecule has 0 radical (unpaired) electrons. The first-order valence-corrected chi connectivity index (χ1v) is 7.26. The van der Waals surface area contributed by atoms with Gasteiger partial charge >= 0.3 is 0 Å². The van der Waals surface area contributed by atoms with Gasteiger partial charge in [-0.2, -0.15) is 0 Å². The fourth-order valence-electron chi connectivity index (χ4n) is 1.58. The number of H-pyrrole nitrogens is 1. The lowest BCUT2D eigenvalue weighted by Crippen LogP contribution is -1.97. The summed E-state index contributed by atoms with van der Waals surface area (Å²) in [5.41, 5.74) is 1.61. The number of hydrogen-bond donors (Lipinski definition) is 1. The average molecular weight is 392 g/mol. The van der Waals surface area contributed by atoms with Gasteiger partial charge in [0.05, 0.1) is 4.47 Å². The van der Waals surface area contributed by atoms with E-state index >= 15 is 0 Å². The van der Waals surface area contributed by atoms with Crippen LogP contribution in [0.5, 0.6) is 0 Å². The summed E-state index contributed by atoms with van der Waals surface area (Å²) in [7, 11) is 0. The van der Waals surface area contributed by atoms with E-state index in [9.17, 15) is 4.39 Å². The molecule has 0 fully saturated rings. The molecule has 0 spiro atoms. The second-order valence-electron chi connectivity index (χ2n) is 3.69. The molecular formula is C12H9Br2FN2S. The van der Waals surface area contributed by atoms with E-state index in [1.165, 1.54) is 12.1 Å². The number of benzene rings is 1. The molecule has 0 aliphatic carbocycles. The SMILES string of the molecule is CCc1[nH]c(-c2cc(F)cc(Br)c2)nc(=S)c1Br. The van der Waals surface area contributed by atoms with Crippen molar-refractivity contribution in [3.05, 3.63) is 43.3 Å². The smallest absolute Gasteiger partial charge is 0.144 e. The van der Waals surface area contributed by atoms with Gasteiger partial charge in [-0.1, -0.05) is 35.1 Å². The lowest BCUT2D eigenvalue weighted by Gasteiger charge is -2.07. The Balaban J connectivity index is 2.64. The van der Waals surface area contributed by atoms with Gasteiger partial charge in [-0.3, -0.25) is 0 Å². The Morgan fingerprint density at radius 3 is 2.67 bits per heavy atom. The van der Waals surface area contributed by atoms with Crippen LogP contribution in [0.15, 0.2) is 27.1 Å². The van der Waals surface area contributed by atoms with Crippen molar-refractivity contribution in [3.8, 4) is 11.4 Å². The monoisotopic (exact) mass is 390 g/mol. The average Bonchev–Trinajstić information content (AvgIpc) is 2.31. The second-order valence-corrected chi connectivity index (χ2v) is 5.79. The summed E-state index contributed by atoms with van der Waals surface area (Å²) in [5.74, 6) is 0.252. The summed E-state index contributed by atoms with van der Waals surface area (Å²) in [4.78, 5) is 7.42. The number of aromatic amines is 1. The van der Waals surface area contributed by atoms with E-state index in [0.29, 0.717) is 20.5 Å². The summed E-state index contributed by atoms with van der Waals surface area (Å²) in [6.07, 6.45) is 0.788. The van der Waals surface area contributed by atoms with Crippen LogP contribution < -0.4 is 0 Å². The highest BCUT2D eigenvalue weighted by molar-refractivity contribution is 9.10. The molecule has 6 heteroatoms. The van der Waals surface area contributed by atoms with Gasteiger partial charge in [0.25, 0.3) is 0 Å². The third kappa shape index (κ3) is 2.87. The number of aryl methyl sites for hydroxylation is 1. The minimum Gasteiger partial charge on any atom is -0.342 e. The van der Waals surface area contributed by atoms with Gasteiger partial charge in [0.1, 0.15) is 16.3 Å². The van der Waals surface area contributed by atoms with Crippen molar-refractivity contribution in [3.63, 3.8) is 0 Å². The Bertz CT molecular complexity index is 635. The first-order valence-electron chi connectivity index (χ1n) is 5.26. The molecule has 1 aromatic heterocycles. The maximum atomic E-state index is 13.4. The number of rotatable bonds is 2. The quantitative estimate of drug-likeness (QED) is 0.727. The maximum absolute atomic E-state index is 13.4. The first kappa shape index (κ1) is 13.8. The molecule has 94 valence electrons. The van der Waals surface area contributed by atoms with Crippen LogP contribution in [0, 0.1) is 10.5 Å². The first-order chi connectivity index (χ1) is 8.51. The van der Waals surface area contributed by atoms with Gasteiger partial charge in [-0.25, -0.2) is 9.37 Å². The summed E-state index contributed by atoms with van der Waals surface area (Å²) >= 11 is 11.8. The third-order valence-electron chi connectivity index (χ3n) is 2.42. The molecule has 2 aromatic rings. The Kier molecular flexibility index (Phi) is 4.29. The Hall–Kier alpha value is -0.590. The fourth-order valence-corrected chi connectivity index (χ4v) is 2.72. The molecule has 0 aliphatic heterocycles. The van der Waals surface area contributed by atoms with E-state index in [4.69, 9.17) is 12.2 Å². The zero-order valence-corrected chi connectivity index (χ0v) is 13.4. The van der Waals surface area contributed by atoms with E-state index in [2.05, 4.69) is 41.8 Å². The molecule has 0 saturated heterocycles. The van der Waals surface area contributed by atoms with Crippen LogP contribution in [0.1, 0.15) is 12.6 Å². The van der Waals surface area contributed by atoms with Crippen LogP contribution in [-0.4, -0.2) is 9.97 Å². The second kappa shape index (κ2) is 5.59. The molecule has 0 amide bonds. The summed E-state index contributed by atoms with van der Waals surface area (Å²) in [5, 5.41) is 0. The molecular weight excluding hydrogens is 383 g/mol. The minimum absolute atomic E-state index is 0.318. The van der Waals surface area contributed by atoms with E-state index in [0.717, 1.165) is 16.6 Å². The molecule has 2 nitrogen and oxygen atoms in total. The third-order valence-corrected chi connectivity index (χ3v) is 4.29. The molecule has 0 bridgehead atoms. The van der Waals surface area contributed by atoms with E-state index in [1.54, 1.807) is 6.07 Å². The molecule has 18 heavy (non-hydrogen) atoms. The molecule has 0 aliphatic rings. The summed E-state index contributed by atoms with van der Waals surface area (Å²) < 4.78 is 15.3. The van der Waals surface area contributed by atoms with Gasteiger partial charge in [0, 0.05) is 15.7 Å². The summed E-state index contributed by atoms with van der Waals surface area (Å²) in [6, 6.07) is 4.62. The van der Waals surface area contributed by atoms with Crippen LogP contribution in [0.3, 0.4) is 0 Å². The Labute approximate surface area is 126 Å². The van der Waals surface area contributed by atoms with Crippen molar-refractivity contribution in [2.45, 2.75) is 13.3 Å². The predicted molar refractivity (Wildman–Crippen MR) is 79.6 cm³/mol. The van der Waals surface area contributed by atoms with Crippen LogP contribution >= 0.6 is 44.1 Å². The molecule has 1 N–H and O–H groups in total. The van der Waals surface area contributed by atoms with Gasteiger partial charge in [0.2, 0.25) is 0 Å². The topological polar surface area (TPSA) is 28.7 Å². The van der Waals surface area contributed by atoms with Crippen molar-refractivity contribution in [1.29, 1.82) is 0 Å². The number of nitrogens with one attached hydrogen (secondary N) is 1. The molecule has 1 heterocycles. The molecule has 0 unspecified atom stereocenters. The van der Waals surface area contributed by atoms with Crippen LogP contribution in [0.4, 0.5) is 4.39 Å². The van der Waals surface area contributed by atoms with Gasteiger partial charge in [0.15, 0.2) is 0 Å². The zero-order chi connectivity index (χ0) is 13.3. The lowest BCUT2D eigenvalue weighted by molar-refractivity contribution is 0.627. The zero-order valence-electron chi connectivity index (χ0n) is 9.43. The van der Waals surface area contributed by atoms with Crippen LogP contribution in [-0.2, 0) is 6.42 Å². The number of nitrogens with zero attached hydrogens (tertiary/aromatic N) is 1. The lowest BCUT2D eigenvalue weighted by atomic mass is 10.2.